The molecule has 1 N–H and O–H groups in total. The number of para-hydroxylation sites is 1. The number of carbonyl (C=O) groups excluding carboxylic acids is 1. The molecule has 1 heterocycles. The molecule has 0 aliphatic rings. The van der Waals surface area contributed by atoms with Crippen LogP contribution >= 0.6 is 23.4 Å². The summed E-state index contributed by atoms with van der Waals surface area (Å²) in [6.45, 7) is 0. The Morgan fingerprint density at radius 2 is 2.00 bits per heavy atom. The van der Waals surface area contributed by atoms with E-state index in [1.165, 1.54) is 11.8 Å². The van der Waals surface area contributed by atoms with Crippen molar-refractivity contribution in [3.8, 4) is 0 Å². The first-order valence-electron chi connectivity index (χ1n) is 5.34. The lowest BCUT2D eigenvalue weighted by Crippen LogP contribution is -2.14. The van der Waals surface area contributed by atoms with Crippen molar-refractivity contribution in [3.05, 3.63) is 53.7 Å². The van der Waals surface area contributed by atoms with Gasteiger partial charge in [0.15, 0.2) is 0 Å². The van der Waals surface area contributed by atoms with Gasteiger partial charge in [0.1, 0.15) is 0 Å². The van der Waals surface area contributed by atoms with Crippen LogP contribution in [0.1, 0.15) is 0 Å². The first-order chi connectivity index (χ1) is 8.75. The van der Waals surface area contributed by atoms with Crippen molar-refractivity contribution in [1.29, 1.82) is 0 Å². The summed E-state index contributed by atoms with van der Waals surface area (Å²) < 4.78 is 0. The summed E-state index contributed by atoms with van der Waals surface area (Å²) in [5.41, 5.74) is 0.630. The van der Waals surface area contributed by atoms with E-state index in [2.05, 4.69) is 10.3 Å². The molecule has 0 atom stereocenters. The predicted molar refractivity (Wildman–Crippen MR) is 75.0 cm³/mol. The van der Waals surface area contributed by atoms with E-state index in [0.717, 1.165) is 5.03 Å². The van der Waals surface area contributed by atoms with Crippen LogP contribution in [-0.4, -0.2) is 16.6 Å². The lowest BCUT2D eigenvalue weighted by atomic mass is 10.3. The van der Waals surface area contributed by atoms with Gasteiger partial charge in [-0.1, -0.05) is 41.6 Å². The number of rotatable bonds is 4. The van der Waals surface area contributed by atoms with Crippen LogP contribution in [0.2, 0.25) is 5.02 Å². The molecule has 0 spiro atoms. The second kappa shape index (κ2) is 6.42. The molecule has 0 saturated heterocycles. The fourth-order valence-corrected chi connectivity index (χ4v) is 2.17. The zero-order valence-electron chi connectivity index (χ0n) is 9.47. The van der Waals surface area contributed by atoms with Crippen LogP contribution in [0.5, 0.6) is 0 Å². The van der Waals surface area contributed by atoms with Gasteiger partial charge in [-0.15, -0.1) is 0 Å². The fraction of sp³-hybridized carbons (Fsp3) is 0.0769. The maximum atomic E-state index is 11.7. The average Bonchev–Trinajstić information content (AvgIpc) is 2.40. The first kappa shape index (κ1) is 12.9. The molecule has 2 rings (SSSR count). The minimum Gasteiger partial charge on any atom is -0.324 e. The van der Waals surface area contributed by atoms with Gasteiger partial charge in [-0.3, -0.25) is 4.79 Å². The minimum absolute atomic E-state index is 0.0984. The number of nitrogens with one attached hydrogen (secondary N) is 1. The van der Waals surface area contributed by atoms with Crippen LogP contribution in [0.3, 0.4) is 0 Å². The van der Waals surface area contributed by atoms with E-state index in [9.17, 15) is 4.79 Å². The van der Waals surface area contributed by atoms with E-state index in [1.807, 2.05) is 30.3 Å². The molecule has 1 amide bonds. The van der Waals surface area contributed by atoms with Gasteiger partial charge in [0, 0.05) is 6.20 Å². The van der Waals surface area contributed by atoms with Crippen molar-refractivity contribution in [2.24, 2.45) is 0 Å². The fourth-order valence-electron chi connectivity index (χ4n) is 1.32. The number of anilines is 1. The normalized spacial score (nSPS) is 10.1. The molecule has 3 nitrogen and oxygen atoms in total. The number of carbonyl (C=O) groups is 1. The number of hydrogen-bond acceptors (Lipinski definition) is 3. The molecule has 0 unspecified atom stereocenters. The van der Waals surface area contributed by atoms with Crippen molar-refractivity contribution in [2.45, 2.75) is 5.03 Å². The van der Waals surface area contributed by atoms with Gasteiger partial charge in [-0.2, -0.15) is 0 Å². The molecule has 92 valence electrons. The van der Waals surface area contributed by atoms with E-state index in [4.69, 9.17) is 11.6 Å². The molecule has 1 aromatic heterocycles. The Morgan fingerprint density at radius 3 is 2.72 bits per heavy atom. The van der Waals surface area contributed by atoms with Gasteiger partial charge in [-0.05, 0) is 24.3 Å². The number of nitrogens with zero attached hydrogens (tertiary/aromatic N) is 1. The third-order valence-corrected chi connectivity index (χ3v) is 3.41. The molecule has 0 aliphatic carbocycles. The highest BCUT2D eigenvalue weighted by molar-refractivity contribution is 7.99. The second-order valence-electron chi connectivity index (χ2n) is 3.48. The summed E-state index contributed by atoms with van der Waals surface area (Å²) in [5, 5.41) is 4.12. The van der Waals surface area contributed by atoms with Gasteiger partial charge >= 0.3 is 0 Å². The van der Waals surface area contributed by atoms with Crippen LogP contribution in [0.25, 0.3) is 0 Å². The molecule has 0 fully saturated rings. The summed E-state index contributed by atoms with van der Waals surface area (Å²) in [5.74, 6) is 0.209. The zero-order valence-corrected chi connectivity index (χ0v) is 11.0. The van der Waals surface area contributed by atoms with Crippen molar-refractivity contribution in [2.75, 3.05) is 11.1 Å². The maximum absolute atomic E-state index is 11.7. The lowest BCUT2D eigenvalue weighted by molar-refractivity contribution is -0.113. The van der Waals surface area contributed by atoms with Gasteiger partial charge < -0.3 is 5.32 Å². The highest BCUT2D eigenvalue weighted by Gasteiger charge is 2.06. The number of thioether (sulfide) groups is 1. The average molecular weight is 279 g/mol. The molecule has 0 saturated carbocycles. The number of halogens is 1. The molecular weight excluding hydrogens is 268 g/mol. The molecule has 0 aliphatic heterocycles. The van der Waals surface area contributed by atoms with E-state index in [1.54, 1.807) is 18.3 Å². The summed E-state index contributed by atoms with van der Waals surface area (Å²) in [4.78, 5) is 15.9. The lowest BCUT2D eigenvalue weighted by Gasteiger charge is -2.06. The number of pyridine rings is 1. The third-order valence-electron chi connectivity index (χ3n) is 2.14. The summed E-state index contributed by atoms with van der Waals surface area (Å²) >= 11 is 7.34. The number of hydrogen-bond donors (Lipinski definition) is 1. The van der Waals surface area contributed by atoms with Crippen LogP contribution in [0.4, 0.5) is 5.69 Å². The van der Waals surface area contributed by atoms with Crippen molar-refractivity contribution < 1.29 is 4.79 Å². The smallest absolute Gasteiger partial charge is 0.234 e. The van der Waals surface area contributed by atoms with Gasteiger partial charge in [0.2, 0.25) is 5.91 Å². The van der Waals surface area contributed by atoms with E-state index in [-0.39, 0.29) is 5.91 Å². The van der Waals surface area contributed by atoms with Crippen molar-refractivity contribution in [1.82, 2.24) is 4.98 Å². The Morgan fingerprint density at radius 1 is 1.22 bits per heavy atom. The highest BCUT2D eigenvalue weighted by Crippen LogP contribution is 2.21. The Labute approximate surface area is 115 Å². The van der Waals surface area contributed by atoms with Gasteiger partial charge in [0.25, 0.3) is 0 Å². The maximum Gasteiger partial charge on any atom is 0.234 e. The van der Waals surface area contributed by atoms with Crippen LogP contribution in [0.15, 0.2) is 53.7 Å². The second-order valence-corrected chi connectivity index (χ2v) is 4.89. The summed E-state index contributed by atoms with van der Waals surface area (Å²) in [6.07, 6.45) is 1.70. The van der Waals surface area contributed by atoms with Crippen molar-refractivity contribution in [3.63, 3.8) is 0 Å². The Kier molecular flexibility index (Phi) is 4.61. The predicted octanol–water partition coefficient (Wildman–Crippen LogP) is 3.47. The van der Waals surface area contributed by atoms with Crippen LogP contribution < -0.4 is 5.32 Å². The van der Waals surface area contributed by atoms with E-state index < -0.39 is 0 Å². The topological polar surface area (TPSA) is 42.0 Å². The third kappa shape index (κ3) is 3.75. The molecule has 0 radical (unpaired) electrons. The molecule has 2 aromatic rings. The highest BCUT2D eigenvalue weighted by atomic mass is 35.5. The standard InChI is InChI=1S/C13H11ClN2OS/c14-10-5-1-2-6-11(10)16-12(17)9-18-13-7-3-4-8-15-13/h1-8H,9H2,(H,16,17). The molecular formula is C13H11ClN2OS. The van der Waals surface area contributed by atoms with Crippen LogP contribution in [0, 0.1) is 0 Å². The SMILES string of the molecule is O=C(CSc1ccccn1)Nc1ccccc1Cl. The number of benzene rings is 1. The van der Waals surface area contributed by atoms with Gasteiger partial charge in [0.05, 0.1) is 21.5 Å². The molecule has 1 aromatic carbocycles. The zero-order chi connectivity index (χ0) is 12.8. The monoisotopic (exact) mass is 278 g/mol. The molecule has 0 bridgehead atoms. The largest absolute Gasteiger partial charge is 0.324 e. The van der Waals surface area contributed by atoms with E-state index >= 15 is 0 Å². The quantitative estimate of drug-likeness (QED) is 0.871. The minimum atomic E-state index is -0.0984. The van der Waals surface area contributed by atoms with Gasteiger partial charge in [-0.25, -0.2) is 4.98 Å². The Balaban J connectivity index is 1.88. The van der Waals surface area contributed by atoms with Crippen molar-refractivity contribution >= 4 is 35.0 Å². The summed E-state index contributed by atoms with van der Waals surface area (Å²) in [6, 6.07) is 12.8. The number of amides is 1. The Hall–Kier alpha value is -1.52. The molecule has 18 heavy (non-hydrogen) atoms. The van der Waals surface area contributed by atoms with E-state index in [0.29, 0.717) is 16.5 Å². The summed E-state index contributed by atoms with van der Waals surface area (Å²) in [7, 11) is 0. The first-order valence-corrected chi connectivity index (χ1v) is 6.70. The van der Waals surface area contributed by atoms with Crippen LogP contribution in [-0.2, 0) is 4.79 Å². The number of aromatic nitrogens is 1. The Bertz CT molecular complexity index is 534. The molecule has 5 heteroatoms.